The molecule has 0 aliphatic carbocycles. The third kappa shape index (κ3) is 2.65. The highest BCUT2D eigenvalue weighted by Gasteiger charge is 2.28. The largest absolute Gasteiger partial charge is 0.438 e. The molecule has 0 amide bonds. The van der Waals surface area contributed by atoms with Gasteiger partial charge in [-0.15, -0.1) is 0 Å². The number of aryl methyl sites for hydroxylation is 1. The minimum Gasteiger partial charge on any atom is -0.438 e. The van der Waals surface area contributed by atoms with Gasteiger partial charge in [0.15, 0.2) is 5.75 Å². The number of fused-ring (bicyclic) bond motifs is 2. The van der Waals surface area contributed by atoms with E-state index in [0.29, 0.717) is 0 Å². The van der Waals surface area contributed by atoms with E-state index in [1.807, 2.05) is 48.0 Å². The average Bonchev–Trinajstić information content (AvgIpc) is 3.25. The molecule has 1 aromatic heterocycles. The number of benzene rings is 3. The molecule has 28 heavy (non-hydrogen) atoms. The van der Waals surface area contributed by atoms with Crippen LogP contribution in [0.25, 0.3) is 28.3 Å². The van der Waals surface area contributed by atoms with E-state index < -0.39 is 0 Å². The summed E-state index contributed by atoms with van der Waals surface area (Å²) >= 11 is 0. The number of hydrogen-bond donors (Lipinski definition) is 0. The summed E-state index contributed by atoms with van der Waals surface area (Å²) in [7, 11) is 2.00. The van der Waals surface area contributed by atoms with Crippen molar-refractivity contribution in [1.82, 2.24) is 0 Å². The van der Waals surface area contributed by atoms with Crippen molar-refractivity contribution >= 4 is 22.9 Å². The van der Waals surface area contributed by atoms with Crippen LogP contribution in [0.3, 0.4) is 0 Å². The van der Waals surface area contributed by atoms with Gasteiger partial charge in [-0.3, -0.25) is 0 Å². The van der Waals surface area contributed by atoms with Gasteiger partial charge < -0.3 is 14.1 Å². The molecule has 1 aliphatic heterocycles. The van der Waals surface area contributed by atoms with Gasteiger partial charge >= 0.3 is 5.89 Å². The van der Waals surface area contributed by atoms with Crippen LogP contribution in [0, 0.1) is 0 Å². The van der Waals surface area contributed by atoms with Crippen LogP contribution in [0.1, 0.15) is 12.8 Å². The molecule has 0 bridgehead atoms. The number of nitrogens with zero attached hydrogens (tertiary/aromatic N) is 2. The second-order valence-corrected chi connectivity index (χ2v) is 6.84. The SMILES string of the molecule is CCN1C(=Cc2oc3ccccc3[n+]2C)Oc2ccc(-c3ccccc3)cc21. The predicted octanol–water partition coefficient (Wildman–Crippen LogP) is 5.14. The van der Waals surface area contributed by atoms with E-state index in [0.717, 1.165) is 40.9 Å². The van der Waals surface area contributed by atoms with Crippen LogP contribution in [0.5, 0.6) is 5.75 Å². The molecule has 0 atom stereocenters. The molecule has 0 saturated heterocycles. The van der Waals surface area contributed by atoms with Crippen LogP contribution in [0.15, 0.2) is 83.1 Å². The highest BCUT2D eigenvalue weighted by atomic mass is 16.5. The number of rotatable bonds is 3. The zero-order chi connectivity index (χ0) is 19.1. The molecule has 0 radical (unpaired) electrons. The molecule has 2 heterocycles. The normalized spacial score (nSPS) is 14.5. The van der Waals surface area contributed by atoms with E-state index in [-0.39, 0.29) is 0 Å². The quantitative estimate of drug-likeness (QED) is 0.468. The Hall–Kier alpha value is -3.53. The van der Waals surface area contributed by atoms with Gasteiger partial charge in [0.05, 0.1) is 5.69 Å². The highest BCUT2D eigenvalue weighted by molar-refractivity contribution is 5.77. The lowest BCUT2D eigenvalue weighted by atomic mass is 10.0. The molecule has 0 unspecified atom stereocenters. The van der Waals surface area contributed by atoms with Gasteiger partial charge in [0.25, 0.3) is 5.52 Å². The van der Waals surface area contributed by atoms with E-state index >= 15 is 0 Å². The Morgan fingerprint density at radius 3 is 2.50 bits per heavy atom. The van der Waals surface area contributed by atoms with Crippen LogP contribution in [-0.4, -0.2) is 6.54 Å². The predicted molar refractivity (Wildman–Crippen MR) is 111 cm³/mol. The van der Waals surface area contributed by atoms with Gasteiger partial charge in [-0.2, -0.15) is 4.57 Å². The van der Waals surface area contributed by atoms with E-state index in [1.165, 1.54) is 11.1 Å². The first-order valence-electron chi connectivity index (χ1n) is 9.48. The van der Waals surface area contributed by atoms with Crippen molar-refractivity contribution < 1.29 is 13.7 Å². The van der Waals surface area contributed by atoms with Crippen molar-refractivity contribution in [1.29, 1.82) is 0 Å². The number of anilines is 1. The molecule has 0 fully saturated rings. The smallest absolute Gasteiger partial charge is 0.379 e. The molecule has 4 nitrogen and oxygen atoms in total. The van der Waals surface area contributed by atoms with E-state index in [2.05, 4.69) is 54.3 Å². The van der Waals surface area contributed by atoms with Crippen molar-refractivity contribution in [3.8, 4) is 16.9 Å². The average molecular weight is 369 g/mol. The molecule has 5 rings (SSSR count). The van der Waals surface area contributed by atoms with Crippen LogP contribution in [-0.2, 0) is 7.05 Å². The molecular weight excluding hydrogens is 348 g/mol. The summed E-state index contributed by atoms with van der Waals surface area (Å²) in [5.74, 6) is 2.40. The Labute approximate surface area is 163 Å². The molecule has 3 aromatic carbocycles. The molecule has 0 spiro atoms. The second kappa shape index (κ2) is 6.57. The summed E-state index contributed by atoms with van der Waals surface area (Å²) in [4.78, 5) is 2.18. The second-order valence-electron chi connectivity index (χ2n) is 6.84. The van der Waals surface area contributed by atoms with Crippen molar-refractivity contribution in [3.05, 3.63) is 84.6 Å². The number of oxazole rings is 1. The summed E-state index contributed by atoms with van der Waals surface area (Å²) in [6, 6.07) is 24.8. The monoisotopic (exact) mass is 369 g/mol. The fourth-order valence-electron chi connectivity index (χ4n) is 3.70. The van der Waals surface area contributed by atoms with Gasteiger partial charge in [-0.25, -0.2) is 0 Å². The molecule has 4 aromatic rings. The minimum atomic E-state index is 0.755. The summed E-state index contributed by atoms with van der Waals surface area (Å²) in [6.07, 6.45) is 1.96. The number of ether oxygens (including phenoxy) is 1. The Bertz CT molecular complexity index is 1190. The van der Waals surface area contributed by atoms with Gasteiger partial charge in [-0.05, 0) is 36.2 Å². The van der Waals surface area contributed by atoms with Gasteiger partial charge in [0, 0.05) is 12.6 Å². The maximum Gasteiger partial charge on any atom is 0.379 e. The first-order chi connectivity index (χ1) is 13.7. The molecular formula is C24H21N2O2+. The maximum atomic E-state index is 6.17. The van der Waals surface area contributed by atoms with Crippen molar-refractivity contribution in [3.63, 3.8) is 0 Å². The van der Waals surface area contributed by atoms with Crippen LogP contribution < -0.4 is 14.2 Å². The molecule has 1 aliphatic rings. The zero-order valence-electron chi connectivity index (χ0n) is 15.9. The third-order valence-electron chi connectivity index (χ3n) is 5.17. The lowest BCUT2D eigenvalue weighted by Crippen LogP contribution is -2.30. The zero-order valence-corrected chi connectivity index (χ0v) is 15.9. The number of hydrogen-bond acceptors (Lipinski definition) is 3. The maximum absolute atomic E-state index is 6.17. The van der Waals surface area contributed by atoms with Gasteiger partial charge in [-0.1, -0.05) is 48.5 Å². The standard InChI is InChI=1S/C24H21N2O2/c1-3-26-20-15-18(17-9-5-4-6-10-17)13-14-22(20)28-24(26)16-23-25(2)19-11-7-8-12-21(19)27-23/h4-16H,3H2,1-2H3/q+1. The Kier molecular flexibility index (Phi) is 3.90. The van der Waals surface area contributed by atoms with Crippen LogP contribution in [0.2, 0.25) is 0 Å². The van der Waals surface area contributed by atoms with Crippen molar-refractivity contribution in [2.24, 2.45) is 7.05 Å². The summed E-state index contributed by atoms with van der Waals surface area (Å²) in [5, 5.41) is 0. The Balaban J connectivity index is 1.56. The minimum absolute atomic E-state index is 0.755. The molecule has 4 heteroatoms. The third-order valence-corrected chi connectivity index (χ3v) is 5.17. The van der Waals surface area contributed by atoms with Crippen LogP contribution >= 0.6 is 0 Å². The molecule has 0 N–H and O–H groups in total. The fraction of sp³-hybridized carbons (Fsp3) is 0.125. The molecule has 0 saturated carbocycles. The topological polar surface area (TPSA) is 29.5 Å². The number of para-hydroxylation sites is 2. The summed E-state index contributed by atoms with van der Waals surface area (Å²) < 4.78 is 14.2. The molecule has 138 valence electrons. The van der Waals surface area contributed by atoms with Crippen molar-refractivity contribution in [2.75, 3.05) is 11.4 Å². The fourth-order valence-corrected chi connectivity index (χ4v) is 3.70. The summed E-state index contributed by atoms with van der Waals surface area (Å²) in [5.41, 5.74) is 5.37. The first-order valence-corrected chi connectivity index (χ1v) is 9.48. The number of aromatic nitrogens is 1. The first kappa shape index (κ1) is 16.6. The highest BCUT2D eigenvalue weighted by Crippen LogP contribution is 2.41. The summed E-state index contributed by atoms with van der Waals surface area (Å²) in [6.45, 7) is 2.93. The van der Waals surface area contributed by atoms with Gasteiger partial charge in [0.1, 0.15) is 13.1 Å². The van der Waals surface area contributed by atoms with E-state index in [4.69, 9.17) is 9.15 Å². The van der Waals surface area contributed by atoms with E-state index in [1.54, 1.807) is 0 Å². The Morgan fingerprint density at radius 2 is 1.71 bits per heavy atom. The van der Waals surface area contributed by atoms with E-state index in [9.17, 15) is 0 Å². The Morgan fingerprint density at radius 1 is 0.929 bits per heavy atom. The lowest BCUT2D eigenvalue weighted by Gasteiger charge is -2.15. The van der Waals surface area contributed by atoms with Crippen molar-refractivity contribution in [2.45, 2.75) is 6.92 Å². The lowest BCUT2D eigenvalue weighted by molar-refractivity contribution is -0.652. The van der Waals surface area contributed by atoms with Crippen LogP contribution in [0.4, 0.5) is 5.69 Å². The van der Waals surface area contributed by atoms with Gasteiger partial charge in [0.2, 0.25) is 11.5 Å².